The molecule has 0 spiro atoms. The third kappa shape index (κ3) is 11.3. The molecule has 0 saturated carbocycles. The molecule has 0 aromatic rings. The maximum Gasteiger partial charge on any atom is 0.217 e. The molecule has 0 unspecified atom stereocenters. The molecule has 16 N–H and O–H groups in total. The van der Waals surface area contributed by atoms with E-state index in [1.807, 2.05) is 0 Å². The Hall–Kier alpha value is -1.98. The third-order valence-electron chi connectivity index (χ3n) is 11.0. The summed E-state index contributed by atoms with van der Waals surface area (Å²) in [6.07, 6.45) is -37.9. The zero-order valence-electron chi connectivity index (χ0n) is 32.9. The van der Waals surface area contributed by atoms with Gasteiger partial charge in [0.25, 0.3) is 0 Å². The van der Waals surface area contributed by atoms with Crippen LogP contribution in [0.25, 0.3) is 0 Å². The standard InChI is InChI=1S/C34H58N2O25/c1-9(40)35-11-6-53-13(4-38)29(18(11)42)60-31-17(36-10(2)41)22(46)30(14(5-39)57-31)61-34-28(52)25(49)21(45)16(59-34)8-55-33-27(51)24(48)20(44)15(58-33)7-54-32-26(50)23(47)19(43)12(3-37)56-32/h11-34,37-39,42-52H,3-8H2,1-2H3,(H,35,40)(H,36,41)/t11-,12+,13+,14+,15+,16+,17+,18+,19+,20+,21+,22+,23-,24-,25-,26-,27-,28-,29+,30+,31-,32-,33+,34-/m0/s1. The molecule has 2 amide bonds. The van der Waals surface area contributed by atoms with Crippen LogP contribution in [0, 0.1) is 0 Å². The van der Waals surface area contributed by atoms with Gasteiger partial charge in [-0.15, -0.1) is 0 Å². The molecule has 5 rings (SSSR count). The van der Waals surface area contributed by atoms with Crippen LogP contribution in [-0.2, 0) is 52.2 Å². The highest BCUT2D eigenvalue weighted by Crippen LogP contribution is 2.33. The molecule has 5 aliphatic heterocycles. The van der Waals surface area contributed by atoms with Crippen LogP contribution in [0.4, 0.5) is 0 Å². The van der Waals surface area contributed by atoms with E-state index in [0.717, 1.165) is 6.92 Å². The highest BCUT2D eigenvalue weighted by molar-refractivity contribution is 5.73. The van der Waals surface area contributed by atoms with Crippen LogP contribution < -0.4 is 10.6 Å². The average Bonchev–Trinajstić information content (AvgIpc) is 3.22. The summed E-state index contributed by atoms with van der Waals surface area (Å²) in [6.45, 7) is -1.75. The molecule has 5 fully saturated rings. The van der Waals surface area contributed by atoms with Gasteiger partial charge in [0.15, 0.2) is 25.2 Å². The van der Waals surface area contributed by atoms with E-state index < -0.39 is 192 Å². The number of aliphatic hydroxyl groups excluding tert-OH is 14. The Bertz CT molecular complexity index is 1410. The molecular weight excluding hydrogens is 836 g/mol. The first kappa shape index (κ1) is 50.0. The maximum atomic E-state index is 12.3. The number of carbonyl (C=O) groups excluding carboxylic acids is 2. The average molecular weight is 895 g/mol. The molecule has 27 nitrogen and oxygen atoms in total. The minimum atomic E-state index is -2.05. The summed E-state index contributed by atoms with van der Waals surface area (Å²) in [7, 11) is 0. The Labute approximate surface area is 346 Å². The highest BCUT2D eigenvalue weighted by Gasteiger charge is 2.54. The van der Waals surface area contributed by atoms with Crippen LogP contribution in [0.2, 0.25) is 0 Å². The lowest BCUT2D eigenvalue weighted by Crippen LogP contribution is -2.69. The molecule has 5 aliphatic rings. The lowest BCUT2D eigenvalue weighted by Gasteiger charge is -2.49. The Kier molecular flexibility index (Phi) is 17.9. The fraction of sp³-hybridized carbons (Fsp3) is 0.941. The van der Waals surface area contributed by atoms with Crippen molar-refractivity contribution in [3.05, 3.63) is 0 Å². The fourth-order valence-electron chi connectivity index (χ4n) is 7.57. The molecule has 5 saturated heterocycles. The van der Waals surface area contributed by atoms with Gasteiger partial charge in [-0.05, 0) is 0 Å². The normalized spacial score (nSPS) is 48.3. The first-order chi connectivity index (χ1) is 28.8. The van der Waals surface area contributed by atoms with E-state index in [-0.39, 0.29) is 6.61 Å². The lowest BCUT2D eigenvalue weighted by molar-refractivity contribution is -0.364. The van der Waals surface area contributed by atoms with Crippen LogP contribution in [-0.4, -0.2) is 270 Å². The van der Waals surface area contributed by atoms with Crippen molar-refractivity contribution in [1.82, 2.24) is 10.6 Å². The van der Waals surface area contributed by atoms with E-state index in [2.05, 4.69) is 10.6 Å². The molecule has 0 bridgehead atoms. The van der Waals surface area contributed by atoms with Gasteiger partial charge in [-0.25, -0.2) is 0 Å². The summed E-state index contributed by atoms with van der Waals surface area (Å²) in [4.78, 5) is 24.0. The summed E-state index contributed by atoms with van der Waals surface area (Å²) in [5, 5.41) is 152. The van der Waals surface area contributed by atoms with Crippen molar-refractivity contribution >= 4 is 11.8 Å². The second kappa shape index (κ2) is 21.8. The zero-order valence-corrected chi connectivity index (χ0v) is 32.9. The number of rotatable bonds is 15. The number of hydrogen-bond donors (Lipinski definition) is 16. The Morgan fingerprint density at radius 1 is 0.475 bits per heavy atom. The topological polar surface area (TPSA) is 424 Å². The van der Waals surface area contributed by atoms with Crippen LogP contribution in [0.1, 0.15) is 13.8 Å². The van der Waals surface area contributed by atoms with E-state index in [9.17, 15) is 81.1 Å². The summed E-state index contributed by atoms with van der Waals surface area (Å²) < 4.78 is 50.6. The van der Waals surface area contributed by atoms with Gasteiger partial charge in [-0.1, -0.05) is 0 Å². The van der Waals surface area contributed by atoms with Gasteiger partial charge in [0.05, 0.1) is 45.7 Å². The van der Waals surface area contributed by atoms with Crippen LogP contribution in [0.5, 0.6) is 0 Å². The predicted octanol–water partition coefficient (Wildman–Crippen LogP) is -11.0. The Morgan fingerprint density at radius 3 is 1.38 bits per heavy atom. The van der Waals surface area contributed by atoms with Gasteiger partial charge in [0, 0.05) is 13.8 Å². The fourth-order valence-corrected chi connectivity index (χ4v) is 7.57. The number of hydrogen-bond acceptors (Lipinski definition) is 25. The SMILES string of the molecule is CC(=O)N[C@H]1[C@H](O[C@H]2[C@H](O)[C@@H](NC(C)=O)CO[C@@H]2CO)O[C@H](CO)[C@@H](O[C@@H]2O[C@H](CO[C@@H]3O[C@H](CO[C@H]4O[C@H](CO)[C@@H](O)[C@H](O)[C@@H]4O)[C@@H](O)[C@H](O)[C@@H]3O)[C@@H](O)[C@H](O)[C@@H]2O)[C@@H]1O. The minimum absolute atomic E-state index is 0.204. The van der Waals surface area contributed by atoms with Crippen LogP contribution in [0.15, 0.2) is 0 Å². The van der Waals surface area contributed by atoms with Crippen LogP contribution >= 0.6 is 0 Å². The number of aliphatic hydroxyl groups is 14. The van der Waals surface area contributed by atoms with Crippen LogP contribution in [0.3, 0.4) is 0 Å². The van der Waals surface area contributed by atoms with Gasteiger partial charge >= 0.3 is 0 Å². The second-order valence-electron chi connectivity index (χ2n) is 15.4. The van der Waals surface area contributed by atoms with Gasteiger partial charge in [0.1, 0.15) is 116 Å². The smallest absolute Gasteiger partial charge is 0.217 e. The van der Waals surface area contributed by atoms with Crippen molar-refractivity contribution in [2.45, 2.75) is 161 Å². The van der Waals surface area contributed by atoms with Gasteiger partial charge in [0.2, 0.25) is 11.8 Å². The molecule has 0 aromatic carbocycles. The molecule has 0 aliphatic carbocycles. The van der Waals surface area contributed by atoms with E-state index in [0.29, 0.717) is 0 Å². The van der Waals surface area contributed by atoms with E-state index in [4.69, 9.17) is 42.6 Å². The monoisotopic (exact) mass is 894 g/mol. The molecule has 354 valence electrons. The number of ether oxygens (including phenoxy) is 9. The first-order valence-corrected chi connectivity index (χ1v) is 19.5. The molecule has 0 radical (unpaired) electrons. The van der Waals surface area contributed by atoms with Crippen molar-refractivity contribution in [2.24, 2.45) is 0 Å². The molecule has 0 aromatic heterocycles. The Morgan fingerprint density at radius 2 is 0.885 bits per heavy atom. The third-order valence-corrected chi connectivity index (χ3v) is 11.0. The van der Waals surface area contributed by atoms with Crippen molar-refractivity contribution in [2.75, 3.05) is 39.6 Å². The van der Waals surface area contributed by atoms with Gasteiger partial charge < -0.3 is 125 Å². The molecule has 61 heavy (non-hydrogen) atoms. The zero-order chi connectivity index (χ0) is 45.0. The Balaban J connectivity index is 1.25. The predicted molar refractivity (Wildman–Crippen MR) is 189 cm³/mol. The molecule has 27 heteroatoms. The molecule has 24 atom stereocenters. The highest BCUT2D eigenvalue weighted by atomic mass is 16.8. The minimum Gasteiger partial charge on any atom is -0.394 e. The van der Waals surface area contributed by atoms with Crippen molar-refractivity contribution in [3.63, 3.8) is 0 Å². The van der Waals surface area contributed by atoms with Crippen molar-refractivity contribution in [1.29, 1.82) is 0 Å². The number of amides is 2. The van der Waals surface area contributed by atoms with Gasteiger partial charge in [-0.2, -0.15) is 0 Å². The van der Waals surface area contributed by atoms with E-state index in [1.165, 1.54) is 6.92 Å². The van der Waals surface area contributed by atoms with E-state index in [1.54, 1.807) is 0 Å². The van der Waals surface area contributed by atoms with Gasteiger partial charge in [-0.3, -0.25) is 9.59 Å². The quantitative estimate of drug-likeness (QED) is 0.0726. The summed E-state index contributed by atoms with van der Waals surface area (Å²) in [6, 6.07) is -2.56. The summed E-state index contributed by atoms with van der Waals surface area (Å²) >= 11 is 0. The molecular formula is C34H58N2O25. The lowest BCUT2D eigenvalue weighted by atomic mass is 9.94. The number of nitrogens with one attached hydrogen (secondary N) is 2. The maximum absolute atomic E-state index is 12.3. The molecule has 5 heterocycles. The largest absolute Gasteiger partial charge is 0.394 e. The summed E-state index contributed by atoms with van der Waals surface area (Å²) in [5.74, 6) is -1.24. The second-order valence-corrected chi connectivity index (χ2v) is 15.4. The van der Waals surface area contributed by atoms with E-state index >= 15 is 0 Å². The first-order valence-electron chi connectivity index (χ1n) is 19.5. The van der Waals surface area contributed by atoms with Crippen molar-refractivity contribution < 1.29 is 124 Å². The van der Waals surface area contributed by atoms with Crippen molar-refractivity contribution in [3.8, 4) is 0 Å². The summed E-state index contributed by atoms with van der Waals surface area (Å²) in [5.41, 5.74) is 0. The number of carbonyl (C=O) groups is 2.